The predicted molar refractivity (Wildman–Crippen MR) is 116 cm³/mol. The Morgan fingerprint density at radius 3 is 2.53 bits per heavy atom. The van der Waals surface area contributed by atoms with E-state index in [9.17, 15) is 8.78 Å². The van der Waals surface area contributed by atoms with E-state index in [0.29, 0.717) is 11.3 Å². The van der Waals surface area contributed by atoms with Gasteiger partial charge in [0.05, 0.1) is 5.54 Å². The molecule has 0 amide bonds. The molecule has 0 bridgehead atoms. The summed E-state index contributed by atoms with van der Waals surface area (Å²) in [6, 6.07) is 9.75. The van der Waals surface area contributed by atoms with Gasteiger partial charge in [-0.05, 0) is 67.8 Å². The molecule has 3 nitrogen and oxygen atoms in total. The van der Waals surface area contributed by atoms with Crippen molar-refractivity contribution in [1.29, 1.82) is 0 Å². The molecule has 0 atom stereocenters. The van der Waals surface area contributed by atoms with Gasteiger partial charge in [-0.3, -0.25) is 4.98 Å². The summed E-state index contributed by atoms with van der Waals surface area (Å²) in [5.41, 5.74) is 5.66. The zero-order valence-electron chi connectivity index (χ0n) is 16.9. The fourth-order valence-electron chi connectivity index (χ4n) is 4.33. The smallest absolute Gasteiger partial charge is 0.171 e. The van der Waals surface area contributed by atoms with E-state index in [1.165, 1.54) is 6.07 Å². The molecule has 2 aliphatic heterocycles. The van der Waals surface area contributed by atoms with Crippen LogP contribution in [0.1, 0.15) is 37.5 Å². The molecule has 0 unspecified atom stereocenters. The first-order valence-electron chi connectivity index (χ1n) is 9.77. The van der Waals surface area contributed by atoms with E-state index < -0.39 is 11.6 Å². The normalized spacial score (nSPS) is 17.2. The molecule has 0 saturated heterocycles. The van der Waals surface area contributed by atoms with Crippen LogP contribution in [0, 0.1) is 11.6 Å². The topological polar surface area (TPSA) is 34.2 Å². The van der Waals surface area contributed by atoms with E-state index in [2.05, 4.69) is 30.2 Å². The summed E-state index contributed by atoms with van der Waals surface area (Å²) < 4.78 is 34.8. The summed E-state index contributed by atoms with van der Waals surface area (Å²) in [7, 11) is 0. The van der Waals surface area contributed by atoms with Gasteiger partial charge < -0.3 is 10.1 Å². The van der Waals surface area contributed by atoms with Gasteiger partial charge in [0.25, 0.3) is 0 Å². The van der Waals surface area contributed by atoms with Crippen LogP contribution in [0.15, 0.2) is 54.9 Å². The second-order valence-corrected chi connectivity index (χ2v) is 8.24. The average Bonchev–Trinajstić information content (AvgIpc) is 2.68. The fraction of sp³-hybridized carbons (Fsp3) is 0.160. The lowest BCUT2D eigenvalue weighted by Gasteiger charge is -2.35. The summed E-state index contributed by atoms with van der Waals surface area (Å²) in [6.45, 7) is 6.25. The summed E-state index contributed by atoms with van der Waals surface area (Å²) in [6.07, 6.45) is 7.40. The van der Waals surface area contributed by atoms with Crippen LogP contribution in [0.3, 0.4) is 0 Å². The monoisotopic (exact) mass is 402 g/mol. The maximum Gasteiger partial charge on any atom is 0.171 e. The van der Waals surface area contributed by atoms with E-state index in [-0.39, 0.29) is 11.3 Å². The molecular weight excluding hydrogens is 382 g/mol. The fourth-order valence-corrected chi connectivity index (χ4v) is 4.33. The summed E-state index contributed by atoms with van der Waals surface area (Å²) in [5.74, 6) is -0.803. The van der Waals surface area contributed by atoms with Crippen LogP contribution in [0.4, 0.5) is 14.5 Å². The second-order valence-electron chi connectivity index (χ2n) is 8.24. The van der Waals surface area contributed by atoms with Crippen molar-refractivity contribution in [3.05, 3.63) is 83.2 Å². The summed E-state index contributed by atoms with van der Waals surface area (Å²) >= 11 is 0. The van der Waals surface area contributed by atoms with Crippen LogP contribution in [0.2, 0.25) is 0 Å². The number of anilines is 1. The third-order valence-corrected chi connectivity index (χ3v) is 5.39. The molecule has 5 heteroatoms. The molecule has 1 N–H and O–H groups in total. The van der Waals surface area contributed by atoms with Crippen molar-refractivity contribution in [2.75, 3.05) is 5.32 Å². The average molecular weight is 402 g/mol. The van der Waals surface area contributed by atoms with Gasteiger partial charge in [0.15, 0.2) is 11.6 Å². The number of nitrogens with one attached hydrogen (secondary N) is 1. The SMILES string of the molecule is CC1=CC(C)(C)Nc2ccc3c(c21)/C(=C/c1ccncc1)Oc1c(F)cc(F)cc1-3. The molecule has 0 saturated carbocycles. The van der Waals surface area contributed by atoms with Gasteiger partial charge >= 0.3 is 0 Å². The Balaban J connectivity index is 1.83. The highest BCUT2D eigenvalue weighted by Gasteiger charge is 2.32. The lowest BCUT2D eigenvalue weighted by atomic mass is 9.83. The van der Waals surface area contributed by atoms with Crippen molar-refractivity contribution in [1.82, 2.24) is 4.98 Å². The van der Waals surface area contributed by atoms with Gasteiger partial charge in [-0.25, -0.2) is 8.78 Å². The van der Waals surface area contributed by atoms with Crippen molar-refractivity contribution in [2.45, 2.75) is 26.3 Å². The molecule has 0 radical (unpaired) electrons. The Kier molecular flexibility index (Phi) is 4.03. The first kappa shape index (κ1) is 18.6. The van der Waals surface area contributed by atoms with Crippen molar-refractivity contribution in [3.8, 4) is 16.9 Å². The molecular formula is C25H20F2N2O. The van der Waals surface area contributed by atoms with Crippen LogP contribution >= 0.6 is 0 Å². The van der Waals surface area contributed by atoms with E-state index >= 15 is 0 Å². The highest BCUT2D eigenvalue weighted by atomic mass is 19.1. The van der Waals surface area contributed by atoms with Gasteiger partial charge in [-0.2, -0.15) is 0 Å². The molecule has 150 valence electrons. The molecule has 30 heavy (non-hydrogen) atoms. The summed E-state index contributed by atoms with van der Waals surface area (Å²) in [5, 5.41) is 3.53. The number of rotatable bonds is 1. The standard InChI is InChI=1S/C25H20F2N2O/c1-14-13-25(2,3)29-20-5-4-17-18-11-16(26)12-19(27)24(18)30-21(23(17)22(14)20)10-15-6-8-28-9-7-15/h4-13,29H,1-3H3/b21-10-. The third-order valence-electron chi connectivity index (χ3n) is 5.39. The number of hydrogen-bond donors (Lipinski definition) is 1. The number of allylic oxidation sites excluding steroid dienone is 1. The molecule has 3 heterocycles. The Hall–Kier alpha value is -3.47. The number of ether oxygens (including phenoxy) is 1. The first-order chi connectivity index (χ1) is 14.3. The lowest BCUT2D eigenvalue weighted by Crippen LogP contribution is -2.32. The number of hydrogen-bond acceptors (Lipinski definition) is 3. The lowest BCUT2D eigenvalue weighted by molar-refractivity contribution is 0.460. The molecule has 2 aromatic carbocycles. The highest BCUT2D eigenvalue weighted by Crippen LogP contribution is 2.50. The largest absolute Gasteiger partial charge is 0.453 e. The Bertz CT molecular complexity index is 1240. The minimum Gasteiger partial charge on any atom is -0.453 e. The number of fused-ring (bicyclic) bond motifs is 5. The Labute approximate surface area is 173 Å². The molecule has 3 aromatic rings. The Morgan fingerprint density at radius 1 is 1.00 bits per heavy atom. The molecule has 0 fully saturated rings. The number of nitrogens with zero attached hydrogens (tertiary/aromatic N) is 1. The third kappa shape index (κ3) is 2.98. The molecule has 5 rings (SSSR count). The number of benzene rings is 2. The predicted octanol–water partition coefficient (Wildman–Crippen LogP) is 6.52. The van der Waals surface area contributed by atoms with E-state index in [1.54, 1.807) is 12.4 Å². The molecule has 0 aliphatic carbocycles. The first-order valence-corrected chi connectivity index (χ1v) is 9.77. The molecule has 1 aromatic heterocycles. The van der Waals surface area contributed by atoms with Gasteiger partial charge in [0, 0.05) is 40.8 Å². The highest BCUT2D eigenvalue weighted by molar-refractivity contribution is 6.00. The number of aromatic nitrogens is 1. The minimum absolute atomic E-state index is 0.0369. The molecule has 0 spiro atoms. The van der Waals surface area contributed by atoms with E-state index in [4.69, 9.17) is 4.74 Å². The summed E-state index contributed by atoms with van der Waals surface area (Å²) in [4.78, 5) is 4.05. The van der Waals surface area contributed by atoms with Crippen molar-refractivity contribution in [3.63, 3.8) is 0 Å². The van der Waals surface area contributed by atoms with Crippen molar-refractivity contribution in [2.24, 2.45) is 0 Å². The van der Waals surface area contributed by atoms with Gasteiger partial charge in [-0.15, -0.1) is 0 Å². The number of halogens is 2. The van der Waals surface area contributed by atoms with Gasteiger partial charge in [0.1, 0.15) is 11.6 Å². The van der Waals surface area contributed by atoms with E-state index in [0.717, 1.165) is 39.6 Å². The maximum atomic E-state index is 14.6. The van der Waals surface area contributed by atoms with Crippen LogP contribution in [0.5, 0.6) is 5.75 Å². The van der Waals surface area contributed by atoms with Crippen molar-refractivity contribution >= 4 is 23.1 Å². The zero-order valence-corrected chi connectivity index (χ0v) is 16.9. The zero-order chi connectivity index (χ0) is 21.0. The van der Waals surface area contributed by atoms with E-state index in [1.807, 2.05) is 37.3 Å². The quantitative estimate of drug-likeness (QED) is 0.503. The van der Waals surface area contributed by atoms with Gasteiger partial charge in [0.2, 0.25) is 0 Å². The van der Waals surface area contributed by atoms with Crippen LogP contribution in [-0.2, 0) is 0 Å². The minimum atomic E-state index is -0.722. The molecule has 2 aliphatic rings. The van der Waals surface area contributed by atoms with Crippen molar-refractivity contribution < 1.29 is 13.5 Å². The number of pyridine rings is 1. The van der Waals surface area contributed by atoms with Crippen LogP contribution < -0.4 is 10.1 Å². The maximum absolute atomic E-state index is 14.6. The van der Waals surface area contributed by atoms with Crippen LogP contribution in [0.25, 0.3) is 28.5 Å². The van der Waals surface area contributed by atoms with Gasteiger partial charge in [-0.1, -0.05) is 12.1 Å². The Morgan fingerprint density at radius 2 is 1.77 bits per heavy atom. The second kappa shape index (κ2) is 6.52. The van der Waals surface area contributed by atoms with Crippen LogP contribution in [-0.4, -0.2) is 10.5 Å².